The van der Waals surface area contributed by atoms with Crippen molar-refractivity contribution in [1.82, 2.24) is 4.98 Å². The summed E-state index contributed by atoms with van der Waals surface area (Å²) in [5.41, 5.74) is 7.79. The molecule has 0 atom stereocenters. The van der Waals surface area contributed by atoms with E-state index >= 15 is 0 Å². The Hall–Kier alpha value is -1.90. The maximum atomic E-state index is 13.3. The quantitative estimate of drug-likeness (QED) is 0.772. The van der Waals surface area contributed by atoms with Gasteiger partial charge in [-0.1, -0.05) is 12.1 Å². The first kappa shape index (κ1) is 9.65. The van der Waals surface area contributed by atoms with Crippen LogP contribution in [-0.2, 0) is 0 Å². The number of hydrogen-bond donors (Lipinski definition) is 1. The molecule has 2 N–H and O–H groups in total. The highest BCUT2D eigenvalue weighted by atomic mass is 19.1. The van der Waals surface area contributed by atoms with E-state index in [9.17, 15) is 4.39 Å². The second-order valence-corrected chi connectivity index (χ2v) is 3.44. The van der Waals surface area contributed by atoms with Gasteiger partial charge in [0.05, 0.1) is 0 Å². The number of halogens is 1. The van der Waals surface area contributed by atoms with Crippen molar-refractivity contribution in [3.8, 4) is 11.1 Å². The molecule has 0 aliphatic carbocycles. The van der Waals surface area contributed by atoms with Gasteiger partial charge in [-0.15, -0.1) is 0 Å². The Morgan fingerprint density at radius 1 is 1.13 bits per heavy atom. The van der Waals surface area contributed by atoms with Crippen molar-refractivity contribution in [2.24, 2.45) is 0 Å². The number of anilines is 1. The van der Waals surface area contributed by atoms with Crippen LogP contribution in [0.3, 0.4) is 0 Å². The first-order chi connectivity index (χ1) is 7.16. The van der Waals surface area contributed by atoms with Crippen LogP contribution in [0.25, 0.3) is 11.1 Å². The highest BCUT2D eigenvalue weighted by Crippen LogP contribution is 2.21. The number of nitrogens with zero attached hydrogens (tertiary/aromatic N) is 1. The van der Waals surface area contributed by atoms with Gasteiger partial charge in [0, 0.05) is 11.8 Å². The molecule has 0 radical (unpaired) electrons. The maximum Gasteiger partial charge on any atom is 0.126 e. The molecule has 76 valence electrons. The summed E-state index contributed by atoms with van der Waals surface area (Å²) < 4.78 is 13.3. The third-order valence-corrected chi connectivity index (χ3v) is 2.29. The molecule has 1 aromatic heterocycles. The zero-order chi connectivity index (χ0) is 10.8. The minimum Gasteiger partial charge on any atom is -0.384 e. The molecule has 0 aliphatic heterocycles. The van der Waals surface area contributed by atoms with Gasteiger partial charge in [0.15, 0.2) is 0 Å². The molecule has 2 rings (SSSR count). The van der Waals surface area contributed by atoms with Crippen LogP contribution in [0.1, 0.15) is 5.56 Å². The minimum absolute atomic E-state index is 0.204. The molecule has 15 heavy (non-hydrogen) atoms. The lowest BCUT2D eigenvalue weighted by molar-refractivity contribution is 0.619. The molecule has 0 aliphatic rings. The van der Waals surface area contributed by atoms with Gasteiger partial charge >= 0.3 is 0 Å². The molecule has 1 aromatic carbocycles. The van der Waals surface area contributed by atoms with E-state index in [4.69, 9.17) is 5.73 Å². The van der Waals surface area contributed by atoms with Gasteiger partial charge in [-0.25, -0.2) is 9.37 Å². The van der Waals surface area contributed by atoms with E-state index in [0.717, 1.165) is 11.1 Å². The lowest BCUT2D eigenvalue weighted by atomic mass is 10.1. The third kappa shape index (κ3) is 1.96. The van der Waals surface area contributed by atoms with Gasteiger partial charge in [-0.3, -0.25) is 0 Å². The monoisotopic (exact) mass is 202 g/mol. The SMILES string of the molecule is Cc1ccc(-c2ccc(N)nc2)cc1F. The molecule has 2 aromatic rings. The Morgan fingerprint density at radius 2 is 1.87 bits per heavy atom. The van der Waals surface area contributed by atoms with E-state index in [1.807, 2.05) is 12.1 Å². The van der Waals surface area contributed by atoms with E-state index in [0.29, 0.717) is 11.4 Å². The lowest BCUT2D eigenvalue weighted by Gasteiger charge is -2.03. The number of hydrogen-bond acceptors (Lipinski definition) is 2. The van der Waals surface area contributed by atoms with Crippen molar-refractivity contribution in [3.63, 3.8) is 0 Å². The van der Waals surface area contributed by atoms with E-state index in [-0.39, 0.29) is 5.82 Å². The topological polar surface area (TPSA) is 38.9 Å². The lowest BCUT2D eigenvalue weighted by Crippen LogP contribution is -1.90. The number of pyridine rings is 1. The summed E-state index contributed by atoms with van der Waals surface area (Å²) in [4.78, 5) is 3.96. The van der Waals surface area contributed by atoms with Crippen molar-refractivity contribution in [2.45, 2.75) is 6.92 Å². The highest BCUT2D eigenvalue weighted by molar-refractivity contribution is 5.63. The summed E-state index contributed by atoms with van der Waals surface area (Å²) in [6.07, 6.45) is 1.64. The van der Waals surface area contributed by atoms with Crippen LogP contribution in [0.5, 0.6) is 0 Å². The summed E-state index contributed by atoms with van der Waals surface area (Å²) in [6.45, 7) is 1.74. The normalized spacial score (nSPS) is 10.3. The van der Waals surface area contributed by atoms with Gasteiger partial charge in [0.1, 0.15) is 11.6 Å². The van der Waals surface area contributed by atoms with E-state index in [2.05, 4.69) is 4.98 Å². The van der Waals surface area contributed by atoms with Crippen LogP contribution >= 0.6 is 0 Å². The van der Waals surface area contributed by atoms with Gasteiger partial charge < -0.3 is 5.73 Å². The Labute approximate surface area is 87.6 Å². The third-order valence-electron chi connectivity index (χ3n) is 2.29. The summed E-state index contributed by atoms with van der Waals surface area (Å²) in [6, 6.07) is 8.65. The van der Waals surface area contributed by atoms with E-state index in [1.54, 1.807) is 25.3 Å². The van der Waals surface area contributed by atoms with Crippen LogP contribution in [0.15, 0.2) is 36.5 Å². The van der Waals surface area contributed by atoms with Crippen LogP contribution in [-0.4, -0.2) is 4.98 Å². The molecule has 0 unspecified atom stereocenters. The van der Waals surface area contributed by atoms with Crippen LogP contribution in [0.2, 0.25) is 0 Å². The standard InChI is InChI=1S/C12H11FN2/c1-8-2-3-9(6-11(8)13)10-4-5-12(14)15-7-10/h2-7H,1H3,(H2,14,15). The number of nitrogen functional groups attached to an aromatic ring is 1. The number of aryl methyl sites for hydroxylation is 1. The number of nitrogens with two attached hydrogens (primary N) is 1. The van der Waals surface area contributed by atoms with Crippen LogP contribution in [0, 0.1) is 12.7 Å². The van der Waals surface area contributed by atoms with Gasteiger partial charge in [-0.05, 0) is 36.2 Å². The van der Waals surface area contributed by atoms with Gasteiger partial charge in [0.25, 0.3) is 0 Å². The van der Waals surface area contributed by atoms with Crippen molar-refractivity contribution in [1.29, 1.82) is 0 Å². The molecule has 3 heteroatoms. The first-order valence-corrected chi connectivity index (χ1v) is 4.65. The zero-order valence-corrected chi connectivity index (χ0v) is 8.37. The second-order valence-electron chi connectivity index (χ2n) is 3.44. The summed E-state index contributed by atoms with van der Waals surface area (Å²) >= 11 is 0. The first-order valence-electron chi connectivity index (χ1n) is 4.65. The predicted molar refractivity (Wildman–Crippen MR) is 58.8 cm³/mol. The average molecular weight is 202 g/mol. The fourth-order valence-electron chi connectivity index (χ4n) is 1.35. The Bertz CT molecular complexity index is 477. The fraction of sp³-hybridized carbons (Fsp3) is 0.0833. The summed E-state index contributed by atoms with van der Waals surface area (Å²) in [7, 11) is 0. The second kappa shape index (κ2) is 3.69. The largest absolute Gasteiger partial charge is 0.384 e. The molecule has 0 spiro atoms. The number of aromatic nitrogens is 1. The van der Waals surface area contributed by atoms with Crippen LogP contribution < -0.4 is 5.73 Å². The molecular weight excluding hydrogens is 191 g/mol. The van der Waals surface area contributed by atoms with Crippen molar-refractivity contribution >= 4 is 5.82 Å². The smallest absolute Gasteiger partial charge is 0.126 e. The van der Waals surface area contributed by atoms with E-state index in [1.165, 1.54) is 6.07 Å². The number of benzene rings is 1. The fourth-order valence-corrected chi connectivity index (χ4v) is 1.35. The van der Waals surface area contributed by atoms with Gasteiger partial charge in [-0.2, -0.15) is 0 Å². The molecule has 0 bridgehead atoms. The van der Waals surface area contributed by atoms with Gasteiger partial charge in [0.2, 0.25) is 0 Å². The molecule has 0 fully saturated rings. The van der Waals surface area contributed by atoms with Crippen molar-refractivity contribution in [2.75, 3.05) is 5.73 Å². The molecule has 0 saturated heterocycles. The van der Waals surface area contributed by atoms with Crippen LogP contribution in [0.4, 0.5) is 10.2 Å². The molecule has 0 amide bonds. The predicted octanol–water partition coefficient (Wildman–Crippen LogP) is 2.78. The Balaban J connectivity index is 2.45. The average Bonchev–Trinajstić information content (AvgIpc) is 2.23. The molecule has 2 nitrogen and oxygen atoms in total. The summed E-state index contributed by atoms with van der Waals surface area (Å²) in [5, 5.41) is 0. The Kier molecular flexibility index (Phi) is 2.37. The number of rotatable bonds is 1. The zero-order valence-electron chi connectivity index (χ0n) is 8.37. The molecule has 0 saturated carbocycles. The van der Waals surface area contributed by atoms with Crippen molar-refractivity contribution < 1.29 is 4.39 Å². The van der Waals surface area contributed by atoms with Crippen molar-refractivity contribution in [3.05, 3.63) is 47.9 Å². The van der Waals surface area contributed by atoms with E-state index < -0.39 is 0 Å². The highest BCUT2D eigenvalue weighted by Gasteiger charge is 2.01. The molecule has 1 heterocycles. The maximum absolute atomic E-state index is 13.3. The Morgan fingerprint density at radius 3 is 2.47 bits per heavy atom. The molecular formula is C12H11FN2. The summed E-state index contributed by atoms with van der Waals surface area (Å²) in [5.74, 6) is 0.260. The minimum atomic E-state index is -0.204.